The van der Waals surface area contributed by atoms with Gasteiger partial charge >= 0.3 is 17.9 Å². The molecule has 0 aromatic carbocycles. The topological polar surface area (TPSA) is 222 Å². The molecule has 1 fully saturated rings. The summed E-state index contributed by atoms with van der Waals surface area (Å²) in [6, 6.07) is 6.95. The number of carboxylic acids is 3. The maximum Gasteiger partial charge on any atom is 0.414 e. The number of aromatic nitrogens is 4. The van der Waals surface area contributed by atoms with E-state index in [2.05, 4.69) is 21.4 Å². The summed E-state index contributed by atoms with van der Waals surface area (Å²) in [4.78, 5) is 44.8. The molecule has 4 heterocycles. The summed E-state index contributed by atoms with van der Waals surface area (Å²) < 4.78 is 18.9. The normalized spacial score (nSPS) is 13.9. The Balaban J connectivity index is 0.000000765. The quantitative estimate of drug-likeness (QED) is 0.170. The highest BCUT2D eigenvalue weighted by Crippen LogP contribution is 2.29. The molecule has 3 aromatic rings. The average molecular weight is 600 g/mol. The number of ether oxygens (including phenoxy) is 3. The van der Waals surface area contributed by atoms with Gasteiger partial charge in [0.25, 0.3) is 0 Å². The molecular weight excluding hydrogens is 566 g/mol. The number of pyridine rings is 2. The summed E-state index contributed by atoms with van der Waals surface area (Å²) in [6.07, 6.45) is 5.25. The molecule has 1 aliphatic rings. The monoisotopic (exact) mass is 599 g/mol. The van der Waals surface area contributed by atoms with Crippen LogP contribution in [0.4, 0.5) is 5.82 Å². The van der Waals surface area contributed by atoms with Gasteiger partial charge in [0.2, 0.25) is 0 Å². The van der Waals surface area contributed by atoms with Crippen LogP contribution >= 0.6 is 0 Å². The lowest BCUT2D eigenvalue weighted by Gasteiger charge is -2.24. The van der Waals surface area contributed by atoms with Crippen LogP contribution in [0.3, 0.4) is 0 Å². The Morgan fingerprint density at radius 2 is 1.86 bits per heavy atom. The molecular formula is C27H33N7O9. The first-order chi connectivity index (χ1) is 20.6. The van der Waals surface area contributed by atoms with Gasteiger partial charge in [0, 0.05) is 38.1 Å². The molecule has 1 unspecified atom stereocenters. The maximum absolute atomic E-state index is 11.3. The van der Waals surface area contributed by atoms with Crippen molar-refractivity contribution < 1.29 is 43.9 Å². The Hall–Kier alpha value is -4.85. The number of likely N-dealkylation sites (N-methyl/N-ethyl adjacent to an activating group) is 1. The largest absolute Gasteiger partial charge is 0.487 e. The van der Waals surface area contributed by atoms with Gasteiger partial charge < -0.3 is 34.8 Å². The second-order valence-electron chi connectivity index (χ2n) is 9.52. The van der Waals surface area contributed by atoms with E-state index in [9.17, 15) is 9.90 Å². The molecule has 43 heavy (non-hydrogen) atoms. The molecule has 0 amide bonds. The van der Waals surface area contributed by atoms with Gasteiger partial charge in [-0.3, -0.25) is 14.3 Å². The molecule has 4 rings (SSSR count). The zero-order chi connectivity index (χ0) is 31.4. The fourth-order valence-electron chi connectivity index (χ4n) is 4.04. The first-order valence-electron chi connectivity index (χ1n) is 13.3. The van der Waals surface area contributed by atoms with Crippen LogP contribution in [-0.2, 0) is 23.9 Å². The van der Waals surface area contributed by atoms with Gasteiger partial charge in [-0.15, -0.1) is 0 Å². The number of fused-ring (bicyclic) bond motifs is 1. The van der Waals surface area contributed by atoms with Crippen LogP contribution in [0.1, 0.15) is 24.8 Å². The van der Waals surface area contributed by atoms with Crippen LogP contribution in [0.15, 0.2) is 30.7 Å². The highest BCUT2D eigenvalue weighted by Gasteiger charge is 2.21. The van der Waals surface area contributed by atoms with Gasteiger partial charge in [-0.2, -0.15) is 5.26 Å². The van der Waals surface area contributed by atoms with Crippen LogP contribution < -0.4 is 10.1 Å². The molecule has 230 valence electrons. The molecule has 0 saturated carbocycles. The van der Waals surface area contributed by atoms with Gasteiger partial charge in [0.15, 0.2) is 17.2 Å². The van der Waals surface area contributed by atoms with Crippen LogP contribution in [-0.4, -0.2) is 117 Å². The Morgan fingerprint density at radius 1 is 1.14 bits per heavy atom. The predicted octanol–water partition coefficient (Wildman–Crippen LogP) is 1.23. The van der Waals surface area contributed by atoms with Gasteiger partial charge in [0.1, 0.15) is 36.4 Å². The summed E-state index contributed by atoms with van der Waals surface area (Å²) in [5, 5.41) is 36.6. The summed E-state index contributed by atoms with van der Waals surface area (Å²) in [5.41, 5.74) is 1.72. The van der Waals surface area contributed by atoms with Crippen molar-refractivity contribution in [3.63, 3.8) is 0 Å². The van der Waals surface area contributed by atoms with E-state index >= 15 is 0 Å². The highest BCUT2D eigenvalue weighted by molar-refractivity contribution is 6.27. The van der Waals surface area contributed by atoms with Crippen molar-refractivity contribution in [3.8, 4) is 17.6 Å². The molecule has 0 spiro atoms. The number of carboxylic acid groups (broad SMARTS) is 3. The number of anilines is 1. The Labute approximate surface area is 246 Å². The Morgan fingerprint density at radius 3 is 2.44 bits per heavy atom. The molecule has 1 saturated heterocycles. The summed E-state index contributed by atoms with van der Waals surface area (Å²) in [5.74, 6) is -2.77. The Bertz CT molecular complexity index is 1420. The molecule has 16 heteroatoms. The number of nitrogens with one attached hydrogen (secondary N) is 1. The third kappa shape index (κ3) is 9.60. The fraction of sp³-hybridized carbons (Fsp3) is 0.444. The third-order valence-electron chi connectivity index (χ3n) is 6.29. The molecule has 1 atom stereocenters. The van der Waals surface area contributed by atoms with Crippen LogP contribution in [0.2, 0.25) is 0 Å². The van der Waals surface area contributed by atoms with E-state index in [0.29, 0.717) is 67.0 Å². The van der Waals surface area contributed by atoms with E-state index in [4.69, 9.17) is 44.3 Å². The van der Waals surface area contributed by atoms with Gasteiger partial charge in [-0.1, -0.05) is 0 Å². The third-order valence-corrected chi connectivity index (χ3v) is 6.29. The zero-order valence-electron chi connectivity index (χ0n) is 23.7. The van der Waals surface area contributed by atoms with Crippen molar-refractivity contribution in [1.29, 1.82) is 5.26 Å². The lowest BCUT2D eigenvalue weighted by atomic mass is 10.1. The van der Waals surface area contributed by atoms with Crippen LogP contribution in [0.25, 0.3) is 17.0 Å². The van der Waals surface area contributed by atoms with Crippen LogP contribution in [0, 0.1) is 11.3 Å². The minimum absolute atomic E-state index is 0.195. The first kappa shape index (κ1) is 32.7. The van der Waals surface area contributed by atoms with E-state index < -0.39 is 23.9 Å². The van der Waals surface area contributed by atoms with E-state index in [1.54, 1.807) is 42.0 Å². The van der Waals surface area contributed by atoms with E-state index in [1.807, 2.05) is 6.07 Å². The molecule has 4 N–H and O–H groups in total. The lowest BCUT2D eigenvalue weighted by molar-refractivity contribution is -0.159. The predicted molar refractivity (Wildman–Crippen MR) is 150 cm³/mol. The smallest absolute Gasteiger partial charge is 0.414 e. The number of nitrogens with zero attached hydrogens (tertiary/aromatic N) is 6. The molecule has 0 radical (unpaired) electrons. The fourth-order valence-corrected chi connectivity index (χ4v) is 4.04. The number of imidazole rings is 1. The summed E-state index contributed by atoms with van der Waals surface area (Å²) in [7, 11) is 3.47. The SMILES string of the molecule is CN(C)C(CCOCCOc1cc2ncn(-c3ccc(C#N)cn3)c2nc1NC1CCOCC1)C(=O)O.O=C(O)C(=O)O. The van der Waals surface area contributed by atoms with E-state index in [1.165, 1.54) is 6.20 Å². The van der Waals surface area contributed by atoms with Crippen LogP contribution in [0.5, 0.6) is 5.75 Å². The molecule has 0 aliphatic carbocycles. The van der Waals surface area contributed by atoms with Crippen molar-refractivity contribution in [3.05, 3.63) is 36.3 Å². The van der Waals surface area contributed by atoms with Crippen molar-refractivity contribution in [2.45, 2.75) is 31.3 Å². The van der Waals surface area contributed by atoms with E-state index in [0.717, 1.165) is 12.8 Å². The number of rotatable bonds is 12. The van der Waals surface area contributed by atoms with E-state index in [-0.39, 0.29) is 12.6 Å². The number of carbonyl (C=O) groups is 3. The molecule has 3 aromatic heterocycles. The second kappa shape index (κ2) is 16.0. The van der Waals surface area contributed by atoms with Gasteiger partial charge in [0.05, 0.1) is 12.2 Å². The van der Waals surface area contributed by atoms with Crippen molar-refractivity contribution in [2.24, 2.45) is 0 Å². The van der Waals surface area contributed by atoms with Crippen molar-refractivity contribution >= 4 is 34.9 Å². The molecule has 0 bridgehead atoms. The standard InChI is InChI=1S/C25H31N7O5.C2H2O4/c1-31(2)20(25(33)34)7-10-36-11-12-37-21-13-19-24(30-23(21)29-18-5-8-35-9-6-18)32(16-28-19)22-4-3-17(14-26)15-27-22;3-1(4)2(5)6/h3-4,13,15-16,18,20H,5-12H2,1-2H3,(H,29,30)(H,33,34);(H,3,4)(H,5,6). The zero-order valence-corrected chi connectivity index (χ0v) is 23.7. The van der Waals surface area contributed by atoms with Gasteiger partial charge in [-0.05, 0) is 45.5 Å². The first-order valence-corrected chi connectivity index (χ1v) is 13.3. The average Bonchev–Trinajstić information content (AvgIpc) is 3.39. The summed E-state index contributed by atoms with van der Waals surface area (Å²) >= 11 is 0. The number of hydrogen-bond donors (Lipinski definition) is 4. The number of nitriles is 1. The highest BCUT2D eigenvalue weighted by atomic mass is 16.5. The van der Waals surface area contributed by atoms with Gasteiger partial charge in [-0.25, -0.2) is 24.5 Å². The van der Waals surface area contributed by atoms with Crippen molar-refractivity contribution in [2.75, 3.05) is 52.4 Å². The minimum atomic E-state index is -1.82. The lowest BCUT2D eigenvalue weighted by Crippen LogP contribution is -2.36. The molecule has 16 nitrogen and oxygen atoms in total. The molecule has 1 aliphatic heterocycles. The minimum Gasteiger partial charge on any atom is -0.487 e. The summed E-state index contributed by atoms with van der Waals surface area (Å²) in [6.45, 7) is 2.25. The number of hydrogen-bond acceptors (Lipinski definition) is 12. The second-order valence-corrected chi connectivity index (χ2v) is 9.52. The number of aliphatic carboxylic acids is 3. The Kier molecular flexibility index (Phi) is 12.1. The maximum atomic E-state index is 11.3. The van der Waals surface area contributed by atoms with Crippen molar-refractivity contribution in [1.82, 2.24) is 24.4 Å².